The van der Waals surface area contributed by atoms with Crippen LogP contribution in [-0.4, -0.2) is 39.9 Å². The van der Waals surface area contributed by atoms with E-state index in [2.05, 4.69) is 10.3 Å². The lowest BCUT2D eigenvalue weighted by molar-refractivity contribution is 0.296. The molecule has 1 aromatic rings. The minimum Gasteiger partial charge on any atom is -0.506 e. The van der Waals surface area contributed by atoms with Crippen LogP contribution in [0.4, 0.5) is 0 Å². The van der Waals surface area contributed by atoms with Crippen molar-refractivity contribution in [1.82, 2.24) is 10.3 Å². The zero-order chi connectivity index (χ0) is 11.6. The molecule has 0 atom stereocenters. The Bertz CT molecular complexity index is 280. The molecule has 0 bridgehead atoms. The number of aromatic hydroxyl groups is 1. The standard InChI is InChI=1S/C11H18N2O2S/c14-5-1-6-16-7-4-12-8-10-2-3-11(15)9-13-10/h2-3,9,12,14-15H,1,4-8H2. The highest BCUT2D eigenvalue weighted by Crippen LogP contribution is 2.05. The van der Waals surface area contributed by atoms with Crippen LogP contribution >= 0.6 is 11.8 Å². The third-order valence-electron chi connectivity index (χ3n) is 1.99. The largest absolute Gasteiger partial charge is 0.506 e. The van der Waals surface area contributed by atoms with Gasteiger partial charge in [-0.05, 0) is 24.3 Å². The van der Waals surface area contributed by atoms with Crippen molar-refractivity contribution in [3.05, 3.63) is 24.0 Å². The van der Waals surface area contributed by atoms with Crippen molar-refractivity contribution >= 4 is 11.8 Å². The van der Waals surface area contributed by atoms with Crippen molar-refractivity contribution in [3.63, 3.8) is 0 Å². The zero-order valence-electron chi connectivity index (χ0n) is 9.22. The van der Waals surface area contributed by atoms with E-state index >= 15 is 0 Å². The van der Waals surface area contributed by atoms with Crippen LogP contribution in [0.1, 0.15) is 12.1 Å². The molecule has 1 rings (SSSR count). The van der Waals surface area contributed by atoms with E-state index < -0.39 is 0 Å². The molecule has 0 aliphatic heterocycles. The van der Waals surface area contributed by atoms with E-state index in [0.29, 0.717) is 0 Å². The number of hydrogen-bond donors (Lipinski definition) is 3. The molecular weight excluding hydrogens is 224 g/mol. The number of thioether (sulfide) groups is 1. The normalized spacial score (nSPS) is 10.6. The summed E-state index contributed by atoms with van der Waals surface area (Å²) in [5, 5.41) is 20.9. The molecule has 0 radical (unpaired) electrons. The van der Waals surface area contributed by atoms with E-state index in [1.165, 1.54) is 6.20 Å². The molecule has 0 fully saturated rings. The summed E-state index contributed by atoms with van der Waals surface area (Å²) in [6.07, 6.45) is 2.32. The number of aromatic nitrogens is 1. The maximum absolute atomic E-state index is 9.04. The van der Waals surface area contributed by atoms with E-state index in [9.17, 15) is 0 Å². The van der Waals surface area contributed by atoms with Crippen LogP contribution in [-0.2, 0) is 6.54 Å². The van der Waals surface area contributed by atoms with E-state index in [1.54, 1.807) is 12.1 Å². The van der Waals surface area contributed by atoms with E-state index in [-0.39, 0.29) is 12.4 Å². The Morgan fingerprint density at radius 3 is 2.88 bits per heavy atom. The Morgan fingerprint density at radius 1 is 1.31 bits per heavy atom. The summed E-state index contributed by atoms with van der Waals surface area (Å²) in [6.45, 7) is 1.93. The molecule has 0 amide bonds. The first-order chi connectivity index (χ1) is 7.83. The van der Waals surface area contributed by atoms with Crippen LogP contribution in [0.3, 0.4) is 0 Å². The second kappa shape index (κ2) is 8.38. The van der Waals surface area contributed by atoms with E-state index in [4.69, 9.17) is 10.2 Å². The first kappa shape index (κ1) is 13.3. The van der Waals surface area contributed by atoms with Crippen LogP contribution in [0.5, 0.6) is 5.75 Å². The quantitative estimate of drug-likeness (QED) is 0.593. The van der Waals surface area contributed by atoms with Crippen LogP contribution < -0.4 is 5.32 Å². The number of nitrogens with one attached hydrogen (secondary N) is 1. The highest BCUT2D eigenvalue weighted by molar-refractivity contribution is 7.99. The molecular formula is C11H18N2O2S. The highest BCUT2D eigenvalue weighted by atomic mass is 32.2. The molecule has 0 saturated heterocycles. The lowest BCUT2D eigenvalue weighted by Crippen LogP contribution is -2.17. The fourth-order valence-corrected chi connectivity index (χ4v) is 1.98. The second-order valence-electron chi connectivity index (χ2n) is 3.37. The lowest BCUT2D eigenvalue weighted by Gasteiger charge is -2.04. The Morgan fingerprint density at radius 2 is 2.19 bits per heavy atom. The molecule has 4 nitrogen and oxygen atoms in total. The molecule has 5 heteroatoms. The Kier molecular flexibility index (Phi) is 6.96. The molecule has 1 heterocycles. The minimum absolute atomic E-state index is 0.198. The molecule has 0 saturated carbocycles. The molecule has 90 valence electrons. The summed E-state index contributed by atoms with van der Waals surface area (Å²) >= 11 is 1.83. The number of pyridine rings is 1. The van der Waals surface area contributed by atoms with E-state index in [1.807, 2.05) is 11.8 Å². The minimum atomic E-state index is 0.198. The fourth-order valence-electron chi connectivity index (χ4n) is 1.15. The van der Waals surface area contributed by atoms with Gasteiger partial charge in [0, 0.05) is 25.4 Å². The van der Waals surface area contributed by atoms with Crippen molar-refractivity contribution in [2.24, 2.45) is 0 Å². The van der Waals surface area contributed by atoms with Crippen LogP contribution in [0, 0.1) is 0 Å². The Labute approximate surface area is 100 Å². The maximum atomic E-state index is 9.04. The highest BCUT2D eigenvalue weighted by Gasteiger charge is 1.94. The van der Waals surface area contributed by atoms with Crippen molar-refractivity contribution in [3.8, 4) is 5.75 Å². The van der Waals surface area contributed by atoms with Crippen LogP contribution in [0.15, 0.2) is 18.3 Å². The summed E-state index contributed by atoms with van der Waals surface area (Å²) in [4.78, 5) is 4.07. The summed E-state index contributed by atoms with van der Waals surface area (Å²) in [5.41, 5.74) is 0.929. The topological polar surface area (TPSA) is 65.4 Å². The second-order valence-corrected chi connectivity index (χ2v) is 4.60. The number of rotatable bonds is 8. The van der Waals surface area contributed by atoms with Gasteiger partial charge < -0.3 is 15.5 Å². The van der Waals surface area contributed by atoms with Crippen molar-refractivity contribution in [2.75, 3.05) is 24.7 Å². The summed E-state index contributed by atoms with van der Waals surface area (Å²) in [6, 6.07) is 3.45. The molecule has 0 unspecified atom stereocenters. The SMILES string of the molecule is OCCCSCCNCc1ccc(O)cn1. The fraction of sp³-hybridized carbons (Fsp3) is 0.545. The summed E-state index contributed by atoms with van der Waals surface area (Å²) < 4.78 is 0. The zero-order valence-corrected chi connectivity index (χ0v) is 10.0. The van der Waals surface area contributed by atoms with Gasteiger partial charge in [0.1, 0.15) is 5.75 Å². The summed E-state index contributed by atoms with van der Waals surface area (Å²) in [7, 11) is 0. The van der Waals surface area contributed by atoms with Gasteiger partial charge in [-0.15, -0.1) is 0 Å². The van der Waals surface area contributed by atoms with Gasteiger partial charge in [-0.2, -0.15) is 11.8 Å². The first-order valence-electron chi connectivity index (χ1n) is 5.36. The third kappa shape index (κ3) is 5.95. The van der Waals surface area contributed by atoms with Gasteiger partial charge in [0.25, 0.3) is 0 Å². The molecule has 16 heavy (non-hydrogen) atoms. The van der Waals surface area contributed by atoms with Gasteiger partial charge in [-0.25, -0.2) is 0 Å². The van der Waals surface area contributed by atoms with Gasteiger partial charge in [0.05, 0.1) is 11.9 Å². The first-order valence-corrected chi connectivity index (χ1v) is 6.51. The lowest BCUT2D eigenvalue weighted by atomic mass is 10.3. The molecule has 0 aliphatic carbocycles. The van der Waals surface area contributed by atoms with Crippen LogP contribution in [0.2, 0.25) is 0 Å². The Hall–Kier alpha value is -0.780. The maximum Gasteiger partial charge on any atom is 0.133 e. The van der Waals surface area contributed by atoms with Gasteiger partial charge in [-0.3, -0.25) is 4.98 Å². The monoisotopic (exact) mass is 242 g/mol. The smallest absolute Gasteiger partial charge is 0.133 e. The molecule has 0 aliphatic rings. The summed E-state index contributed by atoms with van der Waals surface area (Å²) in [5.74, 6) is 2.25. The molecule has 1 aromatic heterocycles. The van der Waals surface area contributed by atoms with E-state index in [0.717, 1.165) is 36.7 Å². The van der Waals surface area contributed by atoms with Gasteiger partial charge in [-0.1, -0.05) is 0 Å². The molecule has 3 N–H and O–H groups in total. The molecule has 0 aromatic carbocycles. The number of aliphatic hydroxyl groups is 1. The number of nitrogens with zero attached hydrogens (tertiary/aromatic N) is 1. The Balaban J connectivity index is 2.01. The average Bonchev–Trinajstić information content (AvgIpc) is 2.30. The number of hydrogen-bond acceptors (Lipinski definition) is 5. The van der Waals surface area contributed by atoms with Gasteiger partial charge in [0.2, 0.25) is 0 Å². The van der Waals surface area contributed by atoms with Crippen molar-refractivity contribution < 1.29 is 10.2 Å². The van der Waals surface area contributed by atoms with Crippen LogP contribution in [0.25, 0.3) is 0 Å². The average molecular weight is 242 g/mol. The van der Waals surface area contributed by atoms with Gasteiger partial charge >= 0.3 is 0 Å². The number of aliphatic hydroxyl groups excluding tert-OH is 1. The van der Waals surface area contributed by atoms with Crippen molar-refractivity contribution in [1.29, 1.82) is 0 Å². The van der Waals surface area contributed by atoms with Crippen molar-refractivity contribution in [2.45, 2.75) is 13.0 Å². The predicted octanol–water partition coefficient (Wildman–Crippen LogP) is 0.992. The van der Waals surface area contributed by atoms with Gasteiger partial charge in [0.15, 0.2) is 0 Å². The third-order valence-corrected chi connectivity index (χ3v) is 3.06. The molecule has 0 spiro atoms. The predicted molar refractivity (Wildman–Crippen MR) is 66.6 cm³/mol.